The van der Waals surface area contributed by atoms with E-state index in [4.69, 9.17) is 4.03 Å². The minimum Gasteiger partial charge on any atom is -0.269 e. The van der Waals surface area contributed by atoms with Gasteiger partial charge in [0.2, 0.25) is 0 Å². The van der Waals surface area contributed by atoms with Crippen LogP contribution in [0.4, 0.5) is 0 Å². The molecule has 0 bridgehead atoms. The van der Waals surface area contributed by atoms with Gasteiger partial charge in [0, 0.05) is 0 Å². The molecule has 0 amide bonds. The third kappa shape index (κ3) is 3.33. The van der Waals surface area contributed by atoms with Gasteiger partial charge in [-0.05, 0) is 42.4 Å². The zero-order valence-electron chi connectivity index (χ0n) is 13.7. The molecule has 0 heterocycles. The first-order valence-electron chi connectivity index (χ1n) is 7.98. The summed E-state index contributed by atoms with van der Waals surface area (Å²) in [5.74, 6) is 0. The molecule has 0 fully saturated rings. The molecule has 0 saturated heterocycles. The second-order valence-electron chi connectivity index (χ2n) is 5.53. The summed E-state index contributed by atoms with van der Waals surface area (Å²) >= 11 is 0. The van der Waals surface area contributed by atoms with E-state index < -0.39 is 18.0 Å². The van der Waals surface area contributed by atoms with Crippen LogP contribution in [-0.2, 0) is 9.73 Å². The van der Waals surface area contributed by atoms with Crippen molar-refractivity contribution in [3.63, 3.8) is 0 Å². The Kier molecular flexibility index (Phi) is 5.59. The standard InChI is InChI=1S/C18H25NOSSi/c1-4-22(5-2,6-3)19-21(20,17-13-9-7-10-14-17)18-15-11-8-12-16-18/h7-16H,4-6H2,1-3H3. The van der Waals surface area contributed by atoms with Gasteiger partial charge in [-0.1, -0.05) is 57.2 Å². The molecular weight excluding hydrogens is 306 g/mol. The predicted molar refractivity (Wildman–Crippen MR) is 97.2 cm³/mol. The molecule has 0 aliphatic rings. The Balaban J connectivity index is 2.75. The molecule has 0 aromatic heterocycles. The van der Waals surface area contributed by atoms with Crippen LogP contribution in [0.25, 0.3) is 0 Å². The molecule has 0 radical (unpaired) electrons. The fourth-order valence-electron chi connectivity index (χ4n) is 2.67. The van der Waals surface area contributed by atoms with Crippen molar-refractivity contribution in [2.45, 2.75) is 48.7 Å². The van der Waals surface area contributed by atoms with Crippen LogP contribution in [-0.4, -0.2) is 12.4 Å². The molecule has 2 nitrogen and oxygen atoms in total. The molecule has 0 atom stereocenters. The summed E-state index contributed by atoms with van der Waals surface area (Å²) in [4.78, 5) is 1.65. The van der Waals surface area contributed by atoms with Crippen LogP contribution in [0.5, 0.6) is 0 Å². The maximum absolute atomic E-state index is 13.9. The number of hydrogen-bond acceptors (Lipinski definition) is 2. The van der Waals surface area contributed by atoms with E-state index in [2.05, 4.69) is 20.8 Å². The quantitative estimate of drug-likeness (QED) is 0.635. The maximum Gasteiger partial charge on any atom is 0.193 e. The lowest BCUT2D eigenvalue weighted by molar-refractivity contribution is 0.677. The Hall–Kier alpha value is -1.39. The van der Waals surface area contributed by atoms with E-state index in [1.165, 1.54) is 0 Å². The summed E-state index contributed by atoms with van der Waals surface area (Å²) < 4.78 is 19.1. The van der Waals surface area contributed by atoms with Crippen LogP contribution in [0.3, 0.4) is 0 Å². The fourth-order valence-corrected chi connectivity index (χ4v) is 10.1. The van der Waals surface area contributed by atoms with Crippen LogP contribution in [0.15, 0.2) is 74.5 Å². The van der Waals surface area contributed by atoms with E-state index in [1.54, 1.807) is 0 Å². The average molecular weight is 332 g/mol. The van der Waals surface area contributed by atoms with Gasteiger partial charge in [-0.2, -0.15) is 0 Å². The summed E-state index contributed by atoms with van der Waals surface area (Å²) in [7, 11) is -4.42. The van der Waals surface area contributed by atoms with Gasteiger partial charge >= 0.3 is 0 Å². The SMILES string of the molecule is CC[Si](CC)(CC)N=S(=O)(c1ccccc1)c1ccccc1. The molecule has 0 N–H and O–H groups in total. The Bertz CT molecular complexity index is 649. The molecule has 0 saturated carbocycles. The molecule has 118 valence electrons. The topological polar surface area (TPSA) is 29.4 Å². The highest BCUT2D eigenvalue weighted by Crippen LogP contribution is 2.30. The highest BCUT2D eigenvalue weighted by Gasteiger charge is 2.30. The number of rotatable bonds is 6. The van der Waals surface area contributed by atoms with Gasteiger partial charge in [-0.25, -0.2) is 4.21 Å². The van der Waals surface area contributed by atoms with Crippen molar-refractivity contribution in [3.8, 4) is 0 Å². The van der Waals surface area contributed by atoms with Crippen molar-refractivity contribution in [3.05, 3.63) is 60.7 Å². The largest absolute Gasteiger partial charge is 0.269 e. The van der Waals surface area contributed by atoms with Crippen molar-refractivity contribution < 1.29 is 4.21 Å². The minimum atomic E-state index is -2.55. The van der Waals surface area contributed by atoms with Crippen molar-refractivity contribution in [1.29, 1.82) is 0 Å². The van der Waals surface area contributed by atoms with Crippen LogP contribution in [0.1, 0.15) is 20.8 Å². The third-order valence-electron chi connectivity index (χ3n) is 4.42. The summed E-state index contributed by atoms with van der Waals surface area (Å²) in [6, 6.07) is 22.6. The van der Waals surface area contributed by atoms with Crippen molar-refractivity contribution in [1.82, 2.24) is 0 Å². The van der Waals surface area contributed by atoms with Gasteiger partial charge in [0.15, 0.2) is 8.24 Å². The van der Waals surface area contributed by atoms with Crippen molar-refractivity contribution in [2.75, 3.05) is 0 Å². The van der Waals surface area contributed by atoms with Gasteiger partial charge in [-0.3, -0.25) is 4.03 Å². The minimum absolute atomic E-state index is 0.827. The Morgan fingerprint density at radius 1 is 0.773 bits per heavy atom. The van der Waals surface area contributed by atoms with Crippen LogP contribution < -0.4 is 0 Å². The molecule has 2 aromatic rings. The molecule has 0 spiro atoms. The zero-order chi connectivity index (χ0) is 16.1. The lowest BCUT2D eigenvalue weighted by Gasteiger charge is -2.25. The second kappa shape index (κ2) is 7.25. The first kappa shape index (κ1) is 17.0. The van der Waals surface area contributed by atoms with Gasteiger partial charge in [0.1, 0.15) is 0 Å². The second-order valence-corrected chi connectivity index (χ2v) is 12.8. The fraction of sp³-hybridized carbons (Fsp3) is 0.333. The molecule has 0 aliphatic heterocycles. The third-order valence-corrected chi connectivity index (χ3v) is 12.8. The maximum atomic E-state index is 13.9. The van der Waals surface area contributed by atoms with E-state index in [-0.39, 0.29) is 0 Å². The van der Waals surface area contributed by atoms with Crippen LogP contribution in [0, 0.1) is 0 Å². The van der Waals surface area contributed by atoms with Crippen LogP contribution >= 0.6 is 0 Å². The summed E-state index contributed by atoms with van der Waals surface area (Å²) in [5, 5.41) is 0. The zero-order valence-corrected chi connectivity index (χ0v) is 15.5. The number of nitrogens with zero attached hydrogens (tertiary/aromatic N) is 1. The lowest BCUT2D eigenvalue weighted by Crippen LogP contribution is -2.30. The van der Waals surface area contributed by atoms with Gasteiger partial charge in [0.25, 0.3) is 0 Å². The lowest BCUT2D eigenvalue weighted by atomic mass is 10.4. The number of benzene rings is 2. The highest BCUT2D eigenvalue weighted by atomic mass is 32.2. The van der Waals surface area contributed by atoms with Crippen molar-refractivity contribution in [2.24, 2.45) is 4.03 Å². The molecule has 4 heteroatoms. The van der Waals surface area contributed by atoms with Gasteiger partial charge < -0.3 is 0 Å². The smallest absolute Gasteiger partial charge is 0.193 e. The van der Waals surface area contributed by atoms with Crippen molar-refractivity contribution >= 4 is 18.0 Å². The Labute approximate surface area is 135 Å². The normalized spacial score (nSPS) is 12.1. The number of hydrogen-bond donors (Lipinski definition) is 0. The van der Waals surface area contributed by atoms with Gasteiger partial charge in [0.05, 0.1) is 19.5 Å². The Morgan fingerprint density at radius 2 is 1.14 bits per heavy atom. The van der Waals surface area contributed by atoms with E-state index in [9.17, 15) is 4.21 Å². The monoisotopic (exact) mass is 331 g/mol. The van der Waals surface area contributed by atoms with E-state index >= 15 is 0 Å². The molecule has 0 unspecified atom stereocenters. The summed E-state index contributed by atoms with van der Waals surface area (Å²) in [6.07, 6.45) is 0. The predicted octanol–water partition coefficient (Wildman–Crippen LogP) is 5.58. The van der Waals surface area contributed by atoms with E-state index in [1.807, 2.05) is 60.7 Å². The first-order chi connectivity index (χ1) is 10.6. The highest BCUT2D eigenvalue weighted by molar-refractivity contribution is 7.94. The van der Waals surface area contributed by atoms with Gasteiger partial charge in [-0.15, -0.1) is 0 Å². The Morgan fingerprint density at radius 3 is 1.45 bits per heavy atom. The first-order valence-corrected chi connectivity index (χ1v) is 12.1. The molecule has 2 aromatic carbocycles. The molecule has 22 heavy (non-hydrogen) atoms. The van der Waals surface area contributed by atoms with Crippen LogP contribution in [0.2, 0.25) is 18.1 Å². The molecule has 2 rings (SSSR count). The average Bonchev–Trinajstić information content (AvgIpc) is 2.61. The molecular formula is C18H25NOSSi. The molecule has 0 aliphatic carbocycles. The summed E-state index contributed by atoms with van der Waals surface area (Å²) in [6.45, 7) is 6.58. The van der Waals surface area contributed by atoms with E-state index in [0.717, 1.165) is 27.9 Å². The van der Waals surface area contributed by atoms with E-state index in [0.29, 0.717) is 0 Å². The summed E-state index contributed by atoms with van der Waals surface area (Å²) in [5.41, 5.74) is 0.